The van der Waals surface area contributed by atoms with E-state index >= 15 is 0 Å². The van der Waals surface area contributed by atoms with Crippen LogP contribution in [0.25, 0.3) is 0 Å². The SMILES string of the molecule is O=C(c1cc([N+](=O)[O-])[nH]n1)N1CCN(Cc2ccccc2Br)CC1. The van der Waals surface area contributed by atoms with Crippen LogP contribution < -0.4 is 0 Å². The quantitative estimate of drug-likeness (QED) is 0.633. The molecule has 3 rings (SSSR count). The topological polar surface area (TPSA) is 95.4 Å². The Morgan fingerprint density at radius 3 is 2.62 bits per heavy atom. The number of piperazine rings is 1. The van der Waals surface area contributed by atoms with Crippen LogP contribution in [-0.4, -0.2) is 57.0 Å². The molecule has 126 valence electrons. The lowest BCUT2D eigenvalue weighted by atomic mass is 10.2. The molecule has 1 aromatic carbocycles. The van der Waals surface area contributed by atoms with E-state index < -0.39 is 4.92 Å². The summed E-state index contributed by atoms with van der Waals surface area (Å²) in [6, 6.07) is 9.25. The maximum atomic E-state index is 12.3. The monoisotopic (exact) mass is 393 g/mol. The average molecular weight is 394 g/mol. The van der Waals surface area contributed by atoms with Gasteiger partial charge in [-0.25, -0.2) is 0 Å². The normalized spacial score (nSPS) is 15.5. The van der Waals surface area contributed by atoms with Crippen LogP contribution >= 0.6 is 15.9 Å². The molecule has 0 radical (unpaired) electrons. The summed E-state index contributed by atoms with van der Waals surface area (Å²) in [6.45, 7) is 3.46. The molecule has 0 saturated carbocycles. The number of benzene rings is 1. The fourth-order valence-electron chi connectivity index (χ4n) is 2.65. The van der Waals surface area contributed by atoms with Crippen LogP contribution in [0.5, 0.6) is 0 Å². The van der Waals surface area contributed by atoms with Crippen molar-refractivity contribution in [1.82, 2.24) is 20.0 Å². The van der Waals surface area contributed by atoms with Crippen molar-refractivity contribution >= 4 is 27.7 Å². The van der Waals surface area contributed by atoms with Crippen LogP contribution in [0.3, 0.4) is 0 Å². The number of hydrogen-bond donors (Lipinski definition) is 1. The van der Waals surface area contributed by atoms with Crippen LogP contribution in [0.2, 0.25) is 0 Å². The first kappa shape index (κ1) is 16.6. The van der Waals surface area contributed by atoms with Crippen LogP contribution in [0.4, 0.5) is 5.82 Å². The van der Waals surface area contributed by atoms with Gasteiger partial charge in [0.1, 0.15) is 0 Å². The summed E-state index contributed by atoms with van der Waals surface area (Å²) in [5.74, 6) is -0.550. The lowest BCUT2D eigenvalue weighted by Crippen LogP contribution is -2.48. The highest BCUT2D eigenvalue weighted by atomic mass is 79.9. The van der Waals surface area contributed by atoms with Gasteiger partial charge in [0.2, 0.25) is 0 Å². The van der Waals surface area contributed by atoms with E-state index in [1.807, 2.05) is 18.2 Å². The van der Waals surface area contributed by atoms with Crippen LogP contribution in [-0.2, 0) is 6.54 Å². The molecule has 2 aromatic rings. The number of aromatic amines is 1. The van der Waals surface area contributed by atoms with E-state index in [9.17, 15) is 14.9 Å². The Morgan fingerprint density at radius 1 is 1.29 bits per heavy atom. The Hall–Kier alpha value is -2.26. The highest BCUT2D eigenvalue weighted by Gasteiger charge is 2.26. The number of halogens is 1. The summed E-state index contributed by atoms with van der Waals surface area (Å²) in [4.78, 5) is 26.4. The van der Waals surface area contributed by atoms with E-state index in [2.05, 4.69) is 37.1 Å². The Bertz CT molecular complexity index is 755. The third-order valence-electron chi connectivity index (χ3n) is 3.99. The second-order valence-corrected chi connectivity index (χ2v) is 6.41. The number of carbonyl (C=O) groups is 1. The Kier molecular flexibility index (Phi) is 4.91. The number of hydrogen-bond acceptors (Lipinski definition) is 5. The number of H-pyrrole nitrogens is 1. The van der Waals surface area contributed by atoms with E-state index in [1.54, 1.807) is 4.90 Å². The van der Waals surface area contributed by atoms with Crippen molar-refractivity contribution in [3.05, 3.63) is 56.2 Å². The fraction of sp³-hybridized carbons (Fsp3) is 0.333. The summed E-state index contributed by atoms with van der Waals surface area (Å²) in [6.07, 6.45) is 0. The van der Waals surface area contributed by atoms with Crippen LogP contribution in [0.1, 0.15) is 16.1 Å². The molecule has 1 aliphatic rings. The van der Waals surface area contributed by atoms with Gasteiger partial charge in [-0.1, -0.05) is 39.2 Å². The van der Waals surface area contributed by atoms with Crippen molar-refractivity contribution in [1.29, 1.82) is 0 Å². The van der Waals surface area contributed by atoms with E-state index in [1.165, 1.54) is 11.6 Å². The van der Waals surface area contributed by atoms with Gasteiger partial charge < -0.3 is 15.0 Å². The lowest BCUT2D eigenvalue weighted by molar-refractivity contribution is -0.389. The Morgan fingerprint density at radius 2 is 2.00 bits per heavy atom. The van der Waals surface area contributed by atoms with Gasteiger partial charge in [-0.15, -0.1) is 5.10 Å². The second kappa shape index (κ2) is 7.10. The predicted octanol–water partition coefficient (Wildman–Crippen LogP) is 2.04. The number of aromatic nitrogens is 2. The highest BCUT2D eigenvalue weighted by molar-refractivity contribution is 9.10. The van der Waals surface area contributed by atoms with Gasteiger partial charge in [0.25, 0.3) is 5.91 Å². The van der Waals surface area contributed by atoms with Crippen molar-refractivity contribution in [2.75, 3.05) is 26.2 Å². The fourth-order valence-corrected chi connectivity index (χ4v) is 3.06. The van der Waals surface area contributed by atoms with Crippen molar-refractivity contribution in [2.24, 2.45) is 0 Å². The standard InChI is InChI=1S/C15H16BrN5O3/c16-12-4-2-1-3-11(12)10-19-5-7-20(8-6-19)15(22)13-9-14(18-17-13)21(23)24/h1-4,9H,5-8,10H2,(H,17,18). The molecule has 24 heavy (non-hydrogen) atoms. The van der Waals surface area contributed by atoms with Crippen molar-refractivity contribution in [3.8, 4) is 0 Å². The maximum Gasteiger partial charge on any atom is 0.343 e. The van der Waals surface area contributed by atoms with Gasteiger partial charge in [0, 0.05) is 37.2 Å². The Labute approximate surface area is 146 Å². The summed E-state index contributed by atoms with van der Waals surface area (Å²) in [7, 11) is 0. The minimum Gasteiger partial charge on any atom is -0.358 e. The van der Waals surface area contributed by atoms with Crippen molar-refractivity contribution < 1.29 is 9.72 Å². The molecule has 0 spiro atoms. The predicted molar refractivity (Wildman–Crippen MR) is 90.6 cm³/mol. The molecule has 0 aliphatic carbocycles. The highest BCUT2D eigenvalue weighted by Crippen LogP contribution is 2.19. The van der Waals surface area contributed by atoms with Crippen molar-refractivity contribution in [2.45, 2.75) is 6.54 Å². The molecule has 8 nitrogen and oxygen atoms in total. The molecular weight excluding hydrogens is 378 g/mol. The molecule has 1 aliphatic heterocycles. The third kappa shape index (κ3) is 3.62. The summed E-state index contributed by atoms with van der Waals surface area (Å²) >= 11 is 3.54. The number of rotatable bonds is 4. The molecule has 0 atom stereocenters. The maximum absolute atomic E-state index is 12.3. The molecule has 0 unspecified atom stereocenters. The number of amides is 1. The smallest absolute Gasteiger partial charge is 0.343 e. The van der Waals surface area contributed by atoms with E-state index in [4.69, 9.17) is 0 Å². The van der Waals surface area contributed by atoms with Gasteiger partial charge in [0.15, 0.2) is 5.69 Å². The van der Waals surface area contributed by atoms with Crippen LogP contribution in [0.15, 0.2) is 34.8 Å². The molecule has 1 saturated heterocycles. The zero-order chi connectivity index (χ0) is 17.1. The molecule has 1 aromatic heterocycles. The van der Waals surface area contributed by atoms with Gasteiger partial charge in [0.05, 0.1) is 6.07 Å². The second-order valence-electron chi connectivity index (χ2n) is 5.56. The summed E-state index contributed by atoms with van der Waals surface area (Å²) in [5, 5.41) is 16.7. The first-order valence-corrected chi connectivity index (χ1v) is 8.29. The number of carbonyl (C=O) groups excluding carboxylic acids is 1. The summed E-state index contributed by atoms with van der Waals surface area (Å²) in [5.41, 5.74) is 1.29. The van der Waals surface area contributed by atoms with Gasteiger partial charge >= 0.3 is 5.82 Å². The first-order valence-electron chi connectivity index (χ1n) is 7.49. The molecular formula is C15H16BrN5O3. The lowest BCUT2D eigenvalue weighted by Gasteiger charge is -2.34. The minimum atomic E-state index is -0.598. The molecule has 1 N–H and O–H groups in total. The van der Waals surface area contributed by atoms with Crippen molar-refractivity contribution in [3.63, 3.8) is 0 Å². The molecule has 9 heteroatoms. The zero-order valence-corrected chi connectivity index (χ0v) is 14.4. The molecule has 2 heterocycles. The number of nitro groups is 1. The first-order chi connectivity index (χ1) is 11.5. The van der Waals surface area contributed by atoms with E-state index in [0.717, 1.165) is 24.1 Å². The Balaban J connectivity index is 1.57. The van der Waals surface area contributed by atoms with Crippen LogP contribution in [0, 0.1) is 10.1 Å². The van der Waals surface area contributed by atoms with E-state index in [0.29, 0.717) is 13.1 Å². The molecule has 1 amide bonds. The average Bonchev–Trinajstić information content (AvgIpc) is 3.07. The third-order valence-corrected chi connectivity index (χ3v) is 4.77. The molecule has 0 bridgehead atoms. The zero-order valence-electron chi connectivity index (χ0n) is 12.8. The van der Waals surface area contributed by atoms with Gasteiger partial charge in [-0.05, 0) is 16.6 Å². The largest absolute Gasteiger partial charge is 0.358 e. The minimum absolute atomic E-state index is 0.0842. The summed E-state index contributed by atoms with van der Waals surface area (Å²) < 4.78 is 1.08. The van der Waals surface area contributed by atoms with Gasteiger partial charge in [-0.2, -0.15) is 0 Å². The number of nitrogens with one attached hydrogen (secondary N) is 1. The van der Waals surface area contributed by atoms with E-state index in [-0.39, 0.29) is 17.4 Å². The molecule has 1 fully saturated rings. The van der Waals surface area contributed by atoms with Gasteiger partial charge in [-0.3, -0.25) is 9.69 Å². The number of nitrogens with zero attached hydrogens (tertiary/aromatic N) is 4.